The summed E-state index contributed by atoms with van der Waals surface area (Å²) >= 11 is 0. The SMILES string of the molecule is Cc1nc2ccccc2cc1C(=O)OCc1nc(N)nc(N)n1. The number of hydrogen-bond acceptors (Lipinski definition) is 8. The third-order valence-electron chi connectivity index (χ3n) is 3.18. The van der Waals surface area contributed by atoms with Crippen molar-refractivity contribution in [1.29, 1.82) is 0 Å². The van der Waals surface area contributed by atoms with E-state index in [1.54, 1.807) is 13.0 Å². The van der Waals surface area contributed by atoms with Gasteiger partial charge in [-0.3, -0.25) is 4.98 Å². The standard InChI is InChI=1S/C15H14N6O2/c1-8-10(6-9-4-2-3-5-11(9)18-8)13(22)23-7-12-19-14(16)21-15(17)20-12/h2-6H,7H2,1H3,(H4,16,17,19,20,21). The van der Waals surface area contributed by atoms with Gasteiger partial charge in [-0.25, -0.2) is 4.79 Å². The van der Waals surface area contributed by atoms with E-state index in [4.69, 9.17) is 16.2 Å². The van der Waals surface area contributed by atoms with E-state index in [-0.39, 0.29) is 24.3 Å². The maximum Gasteiger partial charge on any atom is 0.340 e. The molecule has 0 aliphatic carbocycles. The molecule has 0 atom stereocenters. The normalized spacial score (nSPS) is 10.7. The molecule has 0 saturated carbocycles. The molecule has 0 spiro atoms. The Balaban J connectivity index is 1.81. The third-order valence-corrected chi connectivity index (χ3v) is 3.18. The van der Waals surface area contributed by atoms with Gasteiger partial charge in [-0.15, -0.1) is 0 Å². The molecule has 23 heavy (non-hydrogen) atoms. The Hall–Kier alpha value is -3.29. The van der Waals surface area contributed by atoms with Crippen LogP contribution in [0, 0.1) is 6.92 Å². The number of carbonyl (C=O) groups is 1. The van der Waals surface area contributed by atoms with Crippen LogP contribution >= 0.6 is 0 Å². The second-order valence-corrected chi connectivity index (χ2v) is 4.86. The molecule has 8 nitrogen and oxygen atoms in total. The van der Waals surface area contributed by atoms with E-state index in [1.165, 1.54) is 0 Å². The molecular weight excluding hydrogens is 296 g/mol. The maximum atomic E-state index is 12.3. The lowest BCUT2D eigenvalue weighted by Crippen LogP contribution is -2.12. The molecule has 2 heterocycles. The number of carbonyl (C=O) groups excluding carboxylic acids is 1. The largest absolute Gasteiger partial charge is 0.454 e. The molecule has 0 aliphatic rings. The lowest BCUT2D eigenvalue weighted by molar-refractivity contribution is 0.0461. The number of aryl methyl sites for hydroxylation is 1. The Morgan fingerprint density at radius 2 is 1.78 bits per heavy atom. The fraction of sp³-hybridized carbons (Fsp3) is 0.133. The van der Waals surface area contributed by atoms with Crippen molar-refractivity contribution in [3.05, 3.63) is 47.4 Å². The molecule has 0 aliphatic heterocycles. The number of benzene rings is 1. The fourth-order valence-electron chi connectivity index (χ4n) is 2.15. The summed E-state index contributed by atoms with van der Waals surface area (Å²) in [5.41, 5.74) is 12.7. The van der Waals surface area contributed by atoms with Gasteiger partial charge >= 0.3 is 5.97 Å². The van der Waals surface area contributed by atoms with Gasteiger partial charge < -0.3 is 16.2 Å². The van der Waals surface area contributed by atoms with E-state index in [2.05, 4.69) is 19.9 Å². The second-order valence-electron chi connectivity index (χ2n) is 4.86. The first-order valence-electron chi connectivity index (χ1n) is 6.82. The zero-order valence-electron chi connectivity index (χ0n) is 12.4. The number of fused-ring (bicyclic) bond motifs is 1. The molecular formula is C15H14N6O2. The molecule has 3 rings (SSSR count). The van der Waals surface area contributed by atoms with Crippen LogP contribution in [-0.4, -0.2) is 25.9 Å². The highest BCUT2D eigenvalue weighted by molar-refractivity contribution is 5.95. The van der Waals surface area contributed by atoms with Crippen molar-refractivity contribution in [2.45, 2.75) is 13.5 Å². The summed E-state index contributed by atoms with van der Waals surface area (Å²) < 4.78 is 5.21. The summed E-state index contributed by atoms with van der Waals surface area (Å²) in [4.78, 5) is 28.0. The molecule has 0 bridgehead atoms. The minimum Gasteiger partial charge on any atom is -0.454 e. The Morgan fingerprint density at radius 1 is 1.09 bits per heavy atom. The maximum absolute atomic E-state index is 12.3. The summed E-state index contributed by atoms with van der Waals surface area (Å²) in [6, 6.07) is 9.28. The van der Waals surface area contributed by atoms with Crippen LogP contribution in [-0.2, 0) is 11.3 Å². The number of para-hydroxylation sites is 1. The molecule has 0 unspecified atom stereocenters. The van der Waals surface area contributed by atoms with Crippen molar-refractivity contribution >= 4 is 28.8 Å². The average molecular weight is 310 g/mol. The first-order chi connectivity index (χ1) is 11.0. The highest BCUT2D eigenvalue weighted by atomic mass is 16.5. The Kier molecular flexibility index (Phi) is 3.71. The number of nitrogens with zero attached hydrogens (tertiary/aromatic N) is 4. The van der Waals surface area contributed by atoms with Gasteiger partial charge in [0.1, 0.15) is 0 Å². The van der Waals surface area contributed by atoms with Gasteiger partial charge in [0.2, 0.25) is 11.9 Å². The van der Waals surface area contributed by atoms with Crippen molar-refractivity contribution in [2.24, 2.45) is 0 Å². The fourth-order valence-corrected chi connectivity index (χ4v) is 2.15. The molecule has 0 saturated heterocycles. The van der Waals surface area contributed by atoms with Gasteiger partial charge in [-0.05, 0) is 19.1 Å². The molecule has 2 aromatic heterocycles. The number of nitrogens with two attached hydrogens (primary N) is 2. The molecule has 3 aromatic rings. The van der Waals surface area contributed by atoms with E-state index < -0.39 is 5.97 Å². The number of pyridine rings is 1. The van der Waals surface area contributed by atoms with E-state index in [0.29, 0.717) is 11.3 Å². The monoisotopic (exact) mass is 310 g/mol. The number of nitrogen functional groups attached to an aromatic ring is 2. The zero-order valence-corrected chi connectivity index (χ0v) is 12.4. The zero-order chi connectivity index (χ0) is 16.4. The summed E-state index contributed by atoms with van der Waals surface area (Å²) in [7, 11) is 0. The van der Waals surface area contributed by atoms with Gasteiger partial charge in [0.25, 0.3) is 0 Å². The van der Waals surface area contributed by atoms with E-state index in [0.717, 1.165) is 10.9 Å². The number of rotatable bonds is 3. The van der Waals surface area contributed by atoms with Crippen LogP contribution in [0.1, 0.15) is 21.9 Å². The van der Waals surface area contributed by atoms with E-state index in [1.807, 2.05) is 24.3 Å². The van der Waals surface area contributed by atoms with Crippen LogP contribution in [0.3, 0.4) is 0 Å². The molecule has 0 amide bonds. The number of ether oxygens (including phenoxy) is 1. The van der Waals surface area contributed by atoms with Gasteiger partial charge in [-0.1, -0.05) is 18.2 Å². The minimum atomic E-state index is -0.515. The third kappa shape index (κ3) is 3.15. The predicted molar refractivity (Wildman–Crippen MR) is 84.3 cm³/mol. The van der Waals surface area contributed by atoms with Crippen molar-refractivity contribution in [3.8, 4) is 0 Å². The van der Waals surface area contributed by atoms with Gasteiger partial charge in [0, 0.05) is 5.39 Å². The number of anilines is 2. The van der Waals surface area contributed by atoms with Crippen LogP contribution in [0.4, 0.5) is 11.9 Å². The van der Waals surface area contributed by atoms with Crippen molar-refractivity contribution in [1.82, 2.24) is 19.9 Å². The Labute approximate surface area is 131 Å². The molecule has 116 valence electrons. The van der Waals surface area contributed by atoms with Crippen LogP contribution in [0.5, 0.6) is 0 Å². The average Bonchev–Trinajstić information content (AvgIpc) is 2.51. The highest BCUT2D eigenvalue weighted by Gasteiger charge is 2.14. The predicted octanol–water partition coefficient (Wildman–Crippen LogP) is 1.25. The molecule has 8 heteroatoms. The lowest BCUT2D eigenvalue weighted by atomic mass is 10.1. The minimum absolute atomic E-state index is 0.0212. The summed E-state index contributed by atoms with van der Waals surface area (Å²) in [5.74, 6) is -0.368. The number of esters is 1. The first kappa shape index (κ1) is 14.6. The Morgan fingerprint density at radius 3 is 2.52 bits per heavy atom. The van der Waals surface area contributed by atoms with Crippen molar-refractivity contribution < 1.29 is 9.53 Å². The molecule has 4 N–H and O–H groups in total. The number of aromatic nitrogens is 4. The van der Waals surface area contributed by atoms with Gasteiger partial charge in [0.05, 0.1) is 16.8 Å². The van der Waals surface area contributed by atoms with Crippen molar-refractivity contribution in [3.63, 3.8) is 0 Å². The lowest BCUT2D eigenvalue weighted by Gasteiger charge is -2.08. The van der Waals surface area contributed by atoms with Crippen LogP contribution in [0.25, 0.3) is 10.9 Å². The topological polar surface area (TPSA) is 130 Å². The second kappa shape index (κ2) is 5.84. The summed E-state index contributed by atoms with van der Waals surface area (Å²) in [6.45, 7) is 1.60. The number of hydrogen-bond donors (Lipinski definition) is 2. The molecule has 1 aromatic carbocycles. The quantitative estimate of drug-likeness (QED) is 0.691. The summed E-state index contributed by atoms with van der Waals surface area (Å²) in [5, 5.41) is 0.860. The first-order valence-corrected chi connectivity index (χ1v) is 6.82. The van der Waals surface area contributed by atoms with E-state index >= 15 is 0 Å². The highest BCUT2D eigenvalue weighted by Crippen LogP contribution is 2.17. The molecule has 0 radical (unpaired) electrons. The van der Waals surface area contributed by atoms with Gasteiger partial charge in [0.15, 0.2) is 12.4 Å². The Bertz CT molecular complexity index is 876. The van der Waals surface area contributed by atoms with Gasteiger partial charge in [-0.2, -0.15) is 15.0 Å². The molecule has 0 fully saturated rings. The van der Waals surface area contributed by atoms with Crippen LogP contribution < -0.4 is 11.5 Å². The smallest absolute Gasteiger partial charge is 0.340 e. The van der Waals surface area contributed by atoms with Crippen molar-refractivity contribution in [2.75, 3.05) is 11.5 Å². The van der Waals surface area contributed by atoms with E-state index in [9.17, 15) is 4.79 Å². The summed E-state index contributed by atoms with van der Waals surface area (Å²) in [6.07, 6.45) is 0. The van der Waals surface area contributed by atoms with Crippen LogP contribution in [0.2, 0.25) is 0 Å². The van der Waals surface area contributed by atoms with Crippen LogP contribution in [0.15, 0.2) is 30.3 Å².